The lowest BCUT2D eigenvalue weighted by molar-refractivity contribution is 0.160. The molecule has 0 radical (unpaired) electrons. The molecule has 0 unspecified atom stereocenters. The smallest absolute Gasteiger partial charge is 0.253 e. The molecule has 72 valence electrons. The van der Waals surface area contributed by atoms with Gasteiger partial charge in [0.25, 0.3) is 5.56 Å². The molecule has 1 heterocycles. The molecule has 13 heavy (non-hydrogen) atoms. The third-order valence-electron chi connectivity index (χ3n) is 1.70. The van der Waals surface area contributed by atoms with Crippen molar-refractivity contribution in [2.45, 2.75) is 19.6 Å². The summed E-state index contributed by atoms with van der Waals surface area (Å²) in [6, 6.07) is 1.42. The first-order valence-corrected chi connectivity index (χ1v) is 4.04. The monoisotopic (exact) mass is 183 g/mol. The normalized spacial score (nSPS) is 12.8. The molecule has 0 aliphatic carbocycles. The van der Waals surface area contributed by atoms with Gasteiger partial charge in [-0.2, -0.15) is 0 Å². The van der Waals surface area contributed by atoms with Crippen LogP contribution >= 0.6 is 0 Å². The van der Waals surface area contributed by atoms with Crippen LogP contribution in [-0.2, 0) is 6.54 Å². The van der Waals surface area contributed by atoms with Crippen LogP contribution in [-0.4, -0.2) is 27.3 Å². The molecule has 0 saturated carbocycles. The van der Waals surface area contributed by atoms with Gasteiger partial charge < -0.3 is 10.8 Å². The average Bonchev–Trinajstić information content (AvgIpc) is 2.09. The summed E-state index contributed by atoms with van der Waals surface area (Å²) in [5.41, 5.74) is 5.72. The van der Waals surface area contributed by atoms with Crippen molar-refractivity contribution in [1.82, 2.24) is 9.55 Å². The van der Waals surface area contributed by atoms with Crippen molar-refractivity contribution in [3.8, 4) is 0 Å². The van der Waals surface area contributed by atoms with Crippen molar-refractivity contribution in [3.05, 3.63) is 28.4 Å². The van der Waals surface area contributed by atoms with Crippen molar-refractivity contribution in [2.75, 3.05) is 6.54 Å². The highest BCUT2D eigenvalue weighted by atomic mass is 16.3. The van der Waals surface area contributed by atoms with Gasteiger partial charge in [0.15, 0.2) is 0 Å². The maximum Gasteiger partial charge on any atom is 0.253 e. The van der Waals surface area contributed by atoms with E-state index in [2.05, 4.69) is 4.98 Å². The first kappa shape index (κ1) is 9.88. The lowest BCUT2D eigenvalue weighted by Gasteiger charge is -2.09. The summed E-state index contributed by atoms with van der Waals surface area (Å²) in [4.78, 5) is 15.2. The van der Waals surface area contributed by atoms with Crippen molar-refractivity contribution in [3.63, 3.8) is 0 Å². The van der Waals surface area contributed by atoms with Gasteiger partial charge in [0, 0.05) is 18.3 Å². The molecule has 1 aromatic rings. The van der Waals surface area contributed by atoms with Crippen molar-refractivity contribution in [1.29, 1.82) is 0 Å². The predicted molar refractivity (Wildman–Crippen MR) is 48.3 cm³/mol. The molecule has 0 aliphatic rings. The molecule has 0 spiro atoms. The van der Waals surface area contributed by atoms with Gasteiger partial charge in [0.05, 0.1) is 19.0 Å². The van der Waals surface area contributed by atoms with E-state index in [1.807, 2.05) is 0 Å². The van der Waals surface area contributed by atoms with Gasteiger partial charge in [-0.25, -0.2) is 4.98 Å². The number of hydrogen-bond donors (Lipinski definition) is 2. The van der Waals surface area contributed by atoms with Crippen LogP contribution in [0.15, 0.2) is 17.2 Å². The van der Waals surface area contributed by atoms with Crippen LogP contribution in [0, 0.1) is 6.92 Å². The molecule has 0 amide bonds. The molecule has 5 nitrogen and oxygen atoms in total. The number of aromatic nitrogens is 2. The van der Waals surface area contributed by atoms with E-state index in [1.54, 1.807) is 6.92 Å². The minimum absolute atomic E-state index is 0.139. The molecular weight excluding hydrogens is 170 g/mol. The molecule has 5 heteroatoms. The Labute approximate surface area is 75.8 Å². The summed E-state index contributed by atoms with van der Waals surface area (Å²) in [6.07, 6.45) is 0.721. The van der Waals surface area contributed by atoms with Gasteiger partial charge in [0.1, 0.15) is 0 Å². The Hall–Kier alpha value is -1.20. The Balaban J connectivity index is 2.84. The van der Waals surface area contributed by atoms with Gasteiger partial charge in [0.2, 0.25) is 0 Å². The summed E-state index contributed by atoms with van der Waals surface area (Å²) < 4.78 is 1.34. The van der Waals surface area contributed by atoms with Crippen LogP contribution in [0.4, 0.5) is 0 Å². The standard InChI is InChI=1S/C8H13N3O2/c1-6-2-8(13)11(5-10-6)4-7(12)3-9/h2,5,7,12H,3-4,9H2,1H3/t7-/m1/s1. The molecule has 0 aromatic carbocycles. The Kier molecular flexibility index (Phi) is 3.16. The van der Waals surface area contributed by atoms with Crippen molar-refractivity contribution in [2.24, 2.45) is 5.73 Å². The van der Waals surface area contributed by atoms with Crippen LogP contribution < -0.4 is 11.3 Å². The number of rotatable bonds is 3. The maximum atomic E-state index is 11.3. The number of aliphatic hydroxyl groups is 1. The average molecular weight is 183 g/mol. The number of hydrogen-bond acceptors (Lipinski definition) is 4. The van der Waals surface area contributed by atoms with Crippen LogP contribution in [0.25, 0.3) is 0 Å². The third kappa shape index (κ3) is 2.64. The Morgan fingerprint density at radius 2 is 2.46 bits per heavy atom. The lowest BCUT2D eigenvalue weighted by Crippen LogP contribution is -2.31. The summed E-state index contributed by atoms with van der Waals surface area (Å²) >= 11 is 0. The minimum atomic E-state index is -0.692. The quantitative estimate of drug-likeness (QED) is 0.621. The topological polar surface area (TPSA) is 81.1 Å². The molecule has 1 atom stereocenters. The van der Waals surface area contributed by atoms with Crippen LogP contribution in [0.2, 0.25) is 0 Å². The van der Waals surface area contributed by atoms with Gasteiger partial charge in [-0.3, -0.25) is 9.36 Å². The number of nitrogens with zero attached hydrogens (tertiary/aromatic N) is 2. The van der Waals surface area contributed by atoms with E-state index in [-0.39, 0.29) is 18.6 Å². The van der Waals surface area contributed by atoms with E-state index in [1.165, 1.54) is 17.0 Å². The minimum Gasteiger partial charge on any atom is -0.390 e. The summed E-state index contributed by atoms with van der Waals surface area (Å²) in [6.45, 7) is 2.08. The molecule has 1 rings (SSSR count). The van der Waals surface area contributed by atoms with Gasteiger partial charge in [-0.15, -0.1) is 0 Å². The highest BCUT2D eigenvalue weighted by Crippen LogP contribution is 1.88. The fraction of sp³-hybridized carbons (Fsp3) is 0.500. The molecule has 0 saturated heterocycles. The van der Waals surface area contributed by atoms with E-state index >= 15 is 0 Å². The van der Waals surface area contributed by atoms with E-state index in [0.29, 0.717) is 5.69 Å². The maximum absolute atomic E-state index is 11.3. The number of aryl methyl sites for hydroxylation is 1. The fourth-order valence-electron chi connectivity index (χ4n) is 0.955. The van der Waals surface area contributed by atoms with E-state index < -0.39 is 6.10 Å². The molecule has 0 aliphatic heterocycles. The highest BCUT2D eigenvalue weighted by Gasteiger charge is 2.03. The lowest BCUT2D eigenvalue weighted by atomic mass is 10.3. The molecule has 3 N–H and O–H groups in total. The van der Waals surface area contributed by atoms with Crippen LogP contribution in [0.1, 0.15) is 5.69 Å². The zero-order chi connectivity index (χ0) is 9.84. The zero-order valence-electron chi connectivity index (χ0n) is 7.47. The summed E-state index contributed by atoms with van der Waals surface area (Å²) in [7, 11) is 0. The molecular formula is C8H13N3O2. The second kappa shape index (κ2) is 4.15. The van der Waals surface area contributed by atoms with E-state index in [4.69, 9.17) is 5.73 Å². The van der Waals surface area contributed by atoms with Gasteiger partial charge in [-0.05, 0) is 6.92 Å². The van der Waals surface area contributed by atoms with Gasteiger partial charge >= 0.3 is 0 Å². The highest BCUT2D eigenvalue weighted by molar-refractivity contribution is 4.96. The van der Waals surface area contributed by atoms with E-state index in [0.717, 1.165) is 0 Å². The number of nitrogens with two attached hydrogens (primary N) is 1. The van der Waals surface area contributed by atoms with Crippen LogP contribution in [0.3, 0.4) is 0 Å². The van der Waals surface area contributed by atoms with Crippen molar-refractivity contribution < 1.29 is 5.11 Å². The second-order valence-electron chi connectivity index (χ2n) is 2.91. The Morgan fingerprint density at radius 3 is 3.00 bits per heavy atom. The van der Waals surface area contributed by atoms with Gasteiger partial charge in [-0.1, -0.05) is 0 Å². The molecule has 0 fully saturated rings. The third-order valence-corrected chi connectivity index (χ3v) is 1.70. The summed E-state index contributed by atoms with van der Waals surface area (Å²) in [5.74, 6) is 0. The Morgan fingerprint density at radius 1 is 1.77 bits per heavy atom. The Bertz CT molecular complexity index is 334. The number of aliphatic hydroxyl groups excluding tert-OH is 1. The van der Waals surface area contributed by atoms with Crippen LogP contribution in [0.5, 0.6) is 0 Å². The largest absolute Gasteiger partial charge is 0.390 e. The molecule has 1 aromatic heterocycles. The summed E-state index contributed by atoms with van der Waals surface area (Å²) in [5, 5.41) is 9.19. The first-order valence-electron chi connectivity index (χ1n) is 4.04. The van der Waals surface area contributed by atoms with Crippen molar-refractivity contribution >= 4 is 0 Å². The predicted octanol–water partition coefficient (Wildman–Crippen LogP) is -1.13. The van der Waals surface area contributed by atoms with E-state index in [9.17, 15) is 9.90 Å². The molecule has 0 bridgehead atoms. The fourth-order valence-corrected chi connectivity index (χ4v) is 0.955. The SMILES string of the molecule is Cc1cc(=O)n(C[C@H](O)CN)cn1. The first-order chi connectivity index (χ1) is 6.13. The zero-order valence-corrected chi connectivity index (χ0v) is 7.47. The second-order valence-corrected chi connectivity index (χ2v) is 2.91.